The molecule has 0 fully saturated rings. The Hall–Kier alpha value is -0.720. The first-order valence-electron chi connectivity index (χ1n) is 4.36. The third kappa shape index (κ3) is 1.84. The van der Waals surface area contributed by atoms with E-state index in [0.717, 1.165) is 20.7 Å². The minimum absolute atomic E-state index is 0.667. The lowest BCUT2D eigenvalue weighted by molar-refractivity contribution is 0.212. The lowest BCUT2D eigenvalue weighted by Crippen LogP contribution is -2.07. The molecule has 2 rings (SSSR count). The molecule has 80 valence electrons. The summed E-state index contributed by atoms with van der Waals surface area (Å²) in [4.78, 5) is 4.98. The third-order valence-electron chi connectivity index (χ3n) is 2.23. The van der Waals surface area contributed by atoms with Gasteiger partial charge in [-0.3, -0.25) is 4.68 Å². The molecule has 0 aliphatic carbocycles. The molecule has 4 nitrogen and oxygen atoms in total. The van der Waals surface area contributed by atoms with E-state index in [1.165, 1.54) is 11.3 Å². The van der Waals surface area contributed by atoms with Gasteiger partial charge in [0.15, 0.2) is 0 Å². The number of aromatic nitrogens is 3. The molecule has 1 unspecified atom stereocenters. The van der Waals surface area contributed by atoms with Gasteiger partial charge in [0, 0.05) is 7.05 Å². The molecule has 1 N–H and O–H groups in total. The monoisotopic (exact) mass is 287 g/mol. The molecule has 0 radical (unpaired) electrons. The molecule has 2 heterocycles. The number of hydrogen-bond acceptors (Lipinski definition) is 4. The van der Waals surface area contributed by atoms with Crippen LogP contribution in [0.3, 0.4) is 0 Å². The van der Waals surface area contributed by atoms with E-state index in [9.17, 15) is 5.11 Å². The average molecular weight is 288 g/mol. The van der Waals surface area contributed by atoms with Crippen molar-refractivity contribution in [3.8, 4) is 0 Å². The fourth-order valence-electron chi connectivity index (χ4n) is 1.43. The van der Waals surface area contributed by atoms with E-state index in [1.54, 1.807) is 23.4 Å². The predicted molar refractivity (Wildman–Crippen MR) is 61.8 cm³/mol. The molecule has 0 spiro atoms. The van der Waals surface area contributed by atoms with Crippen LogP contribution < -0.4 is 0 Å². The molecule has 2 aromatic heterocycles. The van der Waals surface area contributed by atoms with Gasteiger partial charge in [-0.1, -0.05) is 0 Å². The van der Waals surface area contributed by atoms with Crippen LogP contribution in [-0.4, -0.2) is 19.9 Å². The lowest BCUT2D eigenvalue weighted by atomic mass is 10.2. The summed E-state index contributed by atoms with van der Waals surface area (Å²) in [6, 6.07) is 0. The van der Waals surface area contributed by atoms with E-state index >= 15 is 0 Å². The topological polar surface area (TPSA) is 50.9 Å². The van der Waals surface area contributed by atoms with Crippen molar-refractivity contribution in [1.82, 2.24) is 14.8 Å². The first-order chi connectivity index (χ1) is 7.11. The van der Waals surface area contributed by atoms with Crippen LogP contribution in [0.2, 0.25) is 0 Å². The van der Waals surface area contributed by atoms with Gasteiger partial charge in [-0.25, -0.2) is 4.98 Å². The summed E-state index contributed by atoms with van der Waals surface area (Å²) < 4.78 is 2.47. The summed E-state index contributed by atoms with van der Waals surface area (Å²) in [6.45, 7) is 1.89. The molecule has 1 atom stereocenters. The quantitative estimate of drug-likeness (QED) is 0.920. The minimum Gasteiger partial charge on any atom is -0.381 e. The number of nitrogens with zero attached hydrogens (tertiary/aromatic N) is 3. The van der Waals surface area contributed by atoms with Gasteiger partial charge in [0.05, 0.1) is 32.4 Å². The van der Waals surface area contributed by atoms with Crippen molar-refractivity contribution < 1.29 is 5.11 Å². The van der Waals surface area contributed by atoms with Crippen molar-refractivity contribution in [1.29, 1.82) is 0 Å². The predicted octanol–water partition coefficient (Wildman–Crippen LogP) is 2.03. The van der Waals surface area contributed by atoms with E-state index in [4.69, 9.17) is 0 Å². The molecule has 6 heteroatoms. The maximum atomic E-state index is 10.2. The second-order valence-corrected chi connectivity index (χ2v) is 4.95. The highest BCUT2D eigenvalue weighted by atomic mass is 79.9. The Morgan fingerprint density at radius 3 is 2.80 bits per heavy atom. The van der Waals surface area contributed by atoms with Gasteiger partial charge in [0.25, 0.3) is 0 Å². The Balaban J connectivity index is 2.45. The molecule has 0 saturated heterocycles. The van der Waals surface area contributed by atoms with Crippen molar-refractivity contribution in [3.63, 3.8) is 0 Å². The number of aryl methyl sites for hydroxylation is 2. The van der Waals surface area contributed by atoms with Crippen molar-refractivity contribution in [2.75, 3.05) is 0 Å². The first-order valence-corrected chi connectivity index (χ1v) is 6.04. The molecule has 0 aromatic carbocycles. The van der Waals surface area contributed by atoms with Crippen molar-refractivity contribution in [2.24, 2.45) is 7.05 Å². The lowest BCUT2D eigenvalue weighted by Gasteiger charge is -2.10. The maximum absolute atomic E-state index is 10.2. The molecular weight excluding hydrogens is 278 g/mol. The molecule has 0 bridgehead atoms. The van der Waals surface area contributed by atoms with Crippen molar-refractivity contribution >= 4 is 27.3 Å². The Bertz CT molecular complexity index is 460. The van der Waals surface area contributed by atoms with Crippen LogP contribution in [0.1, 0.15) is 22.4 Å². The summed E-state index contributed by atoms with van der Waals surface area (Å²) in [6.07, 6.45) is 1.01. The van der Waals surface area contributed by atoms with Crippen molar-refractivity contribution in [3.05, 3.63) is 32.4 Å². The maximum Gasteiger partial charge on any atom is 0.133 e. The number of aliphatic hydroxyl groups excluding tert-OH is 1. The fraction of sp³-hybridized carbons (Fsp3) is 0.333. The third-order valence-corrected chi connectivity index (χ3v) is 3.82. The highest BCUT2D eigenvalue weighted by molar-refractivity contribution is 9.10. The normalized spacial score (nSPS) is 13.1. The second kappa shape index (κ2) is 4.03. The molecule has 0 amide bonds. The zero-order chi connectivity index (χ0) is 11.0. The smallest absolute Gasteiger partial charge is 0.133 e. The Labute approximate surface area is 99.7 Å². The van der Waals surface area contributed by atoms with E-state index in [2.05, 4.69) is 26.0 Å². The van der Waals surface area contributed by atoms with Gasteiger partial charge in [0.1, 0.15) is 6.10 Å². The van der Waals surface area contributed by atoms with Crippen LogP contribution in [0.5, 0.6) is 0 Å². The molecular formula is C9H10BrN3OS. The number of aliphatic hydroxyl groups is 1. The van der Waals surface area contributed by atoms with Gasteiger partial charge in [-0.15, -0.1) is 11.3 Å². The van der Waals surface area contributed by atoms with E-state index in [-0.39, 0.29) is 0 Å². The van der Waals surface area contributed by atoms with Gasteiger partial charge in [0.2, 0.25) is 0 Å². The summed E-state index contributed by atoms with van der Waals surface area (Å²) >= 11 is 4.82. The number of thiazole rings is 1. The molecule has 0 saturated carbocycles. The Kier molecular flexibility index (Phi) is 2.90. The number of rotatable bonds is 2. The van der Waals surface area contributed by atoms with Crippen LogP contribution in [0.15, 0.2) is 16.2 Å². The Morgan fingerprint density at radius 1 is 1.60 bits per heavy atom. The van der Waals surface area contributed by atoms with Crippen LogP contribution in [0.4, 0.5) is 0 Å². The molecule has 0 aliphatic rings. The zero-order valence-corrected chi connectivity index (χ0v) is 10.7. The largest absolute Gasteiger partial charge is 0.381 e. The van der Waals surface area contributed by atoms with Crippen LogP contribution >= 0.6 is 27.3 Å². The van der Waals surface area contributed by atoms with Crippen molar-refractivity contribution in [2.45, 2.75) is 13.0 Å². The number of hydrogen-bond donors (Lipinski definition) is 1. The van der Waals surface area contributed by atoms with E-state index in [1.807, 2.05) is 6.92 Å². The SMILES string of the molecule is Cc1ncsc1C(O)c1c(Br)cnn1C. The van der Waals surface area contributed by atoms with Crippen LogP contribution in [0, 0.1) is 6.92 Å². The zero-order valence-electron chi connectivity index (χ0n) is 8.31. The van der Waals surface area contributed by atoms with Gasteiger partial charge in [-0.05, 0) is 22.9 Å². The van der Waals surface area contributed by atoms with E-state index < -0.39 is 6.10 Å². The molecule has 2 aromatic rings. The minimum atomic E-state index is -0.667. The van der Waals surface area contributed by atoms with Crippen LogP contribution in [0.25, 0.3) is 0 Å². The standard InChI is InChI=1S/C9H10BrN3OS/c1-5-9(15-4-11-5)8(14)7-6(10)3-12-13(7)2/h3-4,8,14H,1-2H3. The number of halogens is 1. The Morgan fingerprint density at radius 2 is 2.33 bits per heavy atom. The first kappa shape index (κ1) is 10.8. The summed E-state index contributed by atoms with van der Waals surface area (Å²) in [5.41, 5.74) is 3.35. The van der Waals surface area contributed by atoms with Gasteiger partial charge < -0.3 is 5.11 Å². The van der Waals surface area contributed by atoms with Gasteiger partial charge in [-0.2, -0.15) is 5.10 Å². The second-order valence-electron chi connectivity index (χ2n) is 3.21. The highest BCUT2D eigenvalue weighted by Gasteiger charge is 2.21. The van der Waals surface area contributed by atoms with E-state index in [0.29, 0.717) is 0 Å². The van der Waals surface area contributed by atoms with Gasteiger partial charge >= 0.3 is 0 Å². The fourth-order valence-corrected chi connectivity index (χ4v) is 2.78. The summed E-state index contributed by atoms with van der Waals surface area (Å²) in [7, 11) is 1.81. The van der Waals surface area contributed by atoms with Crippen LogP contribution in [-0.2, 0) is 7.05 Å². The highest BCUT2D eigenvalue weighted by Crippen LogP contribution is 2.31. The molecule has 0 aliphatic heterocycles. The average Bonchev–Trinajstić information content (AvgIpc) is 2.73. The molecule has 15 heavy (non-hydrogen) atoms. The summed E-state index contributed by atoms with van der Waals surface area (Å²) in [5.74, 6) is 0. The summed E-state index contributed by atoms with van der Waals surface area (Å²) in [5, 5.41) is 14.3.